The quantitative estimate of drug-likeness (QED) is 0.732. The highest BCUT2D eigenvalue weighted by Gasteiger charge is 2.42. The predicted octanol–water partition coefficient (Wildman–Crippen LogP) is 3.11. The third-order valence-electron chi connectivity index (χ3n) is 3.94. The maximum Gasteiger partial charge on any atom is 0.153 e. The fourth-order valence-electron chi connectivity index (χ4n) is 2.99. The topological polar surface area (TPSA) is 20.3 Å². The summed E-state index contributed by atoms with van der Waals surface area (Å²) in [5, 5.41) is 0. The Labute approximate surface area is 100 Å². The number of ketones is 1. The van der Waals surface area contributed by atoms with E-state index in [1.165, 1.54) is 12.8 Å². The maximum absolute atomic E-state index is 12.5. The van der Waals surface area contributed by atoms with Crippen LogP contribution in [0, 0.1) is 11.8 Å². The Kier molecular flexibility index (Phi) is 4.54. The van der Waals surface area contributed by atoms with Gasteiger partial charge in [-0.3, -0.25) is 9.69 Å². The van der Waals surface area contributed by atoms with E-state index in [0.717, 1.165) is 19.3 Å². The number of likely N-dealkylation sites (N-methyl/N-ethyl adjacent to an activating group) is 1. The van der Waals surface area contributed by atoms with Crippen LogP contribution in [0.2, 0.25) is 0 Å². The molecule has 2 heteroatoms. The van der Waals surface area contributed by atoms with Crippen LogP contribution in [0.25, 0.3) is 0 Å². The fourth-order valence-corrected chi connectivity index (χ4v) is 2.99. The van der Waals surface area contributed by atoms with E-state index in [1.54, 1.807) is 0 Å². The first kappa shape index (κ1) is 13.7. The molecule has 0 heterocycles. The third kappa shape index (κ3) is 2.85. The second-order valence-electron chi connectivity index (χ2n) is 6.15. The molecule has 1 aliphatic rings. The minimum Gasteiger partial charge on any atom is -0.298 e. The molecule has 0 spiro atoms. The summed E-state index contributed by atoms with van der Waals surface area (Å²) < 4.78 is 0. The molecule has 0 radical (unpaired) electrons. The molecule has 0 aromatic heterocycles. The zero-order valence-electron chi connectivity index (χ0n) is 11.5. The molecule has 2 unspecified atom stereocenters. The molecule has 1 rings (SSSR count). The Balaban J connectivity index is 2.83. The van der Waals surface area contributed by atoms with E-state index in [-0.39, 0.29) is 5.54 Å². The van der Waals surface area contributed by atoms with Crippen LogP contribution in [-0.2, 0) is 4.79 Å². The second-order valence-corrected chi connectivity index (χ2v) is 6.15. The summed E-state index contributed by atoms with van der Waals surface area (Å²) in [6.07, 6.45) is 5.31. The van der Waals surface area contributed by atoms with Gasteiger partial charge in [0.1, 0.15) is 0 Å². The molecule has 1 fully saturated rings. The largest absolute Gasteiger partial charge is 0.298 e. The number of carbonyl (C=O) groups excluding carboxylic acids is 1. The van der Waals surface area contributed by atoms with E-state index in [0.29, 0.717) is 17.6 Å². The Morgan fingerprint density at radius 3 is 2.50 bits per heavy atom. The summed E-state index contributed by atoms with van der Waals surface area (Å²) in [4.78, 5) is 14.6. The van der Waals surface area contributed by atoms with Crippen LogP contribution in [0.4, 0.5) is 0 Å². The normalized spacial score (nSPS) is 31.1. The van der Waals surface area contributed by atoms with Gasteiger partial charge in [0, 0.05) is 6.42 Å². The maximum atomic E-state index is 12.5. The van der Waals surface area contributed by atoms with Crippen molar-refractivity contribution in [2.45, 2.75) is 58.4 Å². The molecule has 0 saturated heterocycles. The molecule has 0 N–H and O–H groups in total. The van der Waals surface area contributed by atoms with Gasteiger partial charge in [0.25, 0.3) is 0 Å². The molecular formula is C14H27NO. The van der Waals surface area contributed by atoms with Crippen molar-refractivity contribution in [3.8, 4) is 0 Å². The molecule has 2 nitrogen and oxygen atoms in total. The van der Waals surface area contributed by atoms with Gasteiger partial charge in [-0.05, 0) is 38.8 Å². The van der Waals surface area contributed by atoms with Crippen LogP contribution in [0.1, 0.15) is 52.9 Å². The monoisotopic (exact) mass is 225 g/mol. The number of nitrogens with zero attached hydrogens (tertiary/aromatic N) is 1. The molecule has 0 aromatic carbocycles. The second kappa shape index (κ2) is 5.31. The molecule has 16 heavy (non-hydrogen) atoms. The number of carbonyl (C=O) groups is 1. The molecule has 1 aliphatic carbocycles. The number of rotatable bonds is 4. The summed E-state index contributed by atoms with van der Waals surface area (Å²) in [6, 6.07) is 0. The molecule has 0 aromatic rings. The van der Waals surface area contributed by atoms with E-state index in [1.807, 2.05) is 0 Å². The van der Waals surface area contributed by atoms with Crippen LogP contribution >= 0.6 is 0 Å². The summed E-state index contributed by atoms with van der Waals surface area (Å²) in [7, 11) is 4.13. The van der Waals surface area contributed by atoms with E-state index < -0.39 is 0 Å². The average Bonchev–Trinajstić information content (AvgIpc) is 2.16. The summed E-state index contributed by atoms with van der Waals surface area (Å²) in [6.45, 7) is 6.54. The molecule has 2 atom stereocenters. The minimum atomic E-state index is -0.165. The van der Waals surface area contributed by atoms with Gasteiger partial charge in [0.2, 0.25) is 0 Å². The lowest BCUT2D eigenvalue weighted by atomic mass is 9.71. The Morgan fingerprint density at radius 1 is 1.44 bits per heavy atom. The van der Waals surface area contributed by atoms with Gasteiger partial charge in [0.15, 0.2) is 5.78 Å². The van der Waals surface area contributed by atoms with Gasteiger partial charge in [-0.2, -0.15) is 0 Å². The summed E-state index contributed by atoms with van der Waals surface area (Å²) in [5.74, 6) is 1.62. The van der Waals surface area contributed by atoms with Crippen LogP contribution in [0.5, 0.6) is 0 Å². The molecule has 0 aliphatic heterocycles. The predicted molar refractivity (Wildman–Crippen MR) is 68.5 cm³/mol. The first-order chi connectivity index (χ1) is 7.38. The number of hydrogen-bond acceptors (Lipinski definition) is 2. The van der Waals surface area contributed by atoms with Crippen molar-refractivity contribution >= 4 is 5.78 Å². The van der Waals surface area contributed by atoms with Gasteiger partial charge < -0.3 is 0 Å². The zero-order valence-corrected chi connectivity index (χ0v) is 11.5. The van der Waals surface area contributed by atoms with Crippen molar-refractivity contribution in [3.05, 3.63) is 0 Å². The van der Waals surface area contributed by atoms with Crippen LogP contribution in [0.15, 0.2) is 0 Å². The van der Waals surface area contributed by atoms with Gasteiger partial charge in [-0.1, -0.05) is 33.6 Å². The smallest absolute Gasteiger partial charge is 0.153 e. The Morgan fingerprint density at radius 2 is 2.06 bits per heavy atom. The standard InChI is InChI=1S/C14H27NO/c1-11(2)9-13(16)14(15(4)5)8-6-7-12(3)10-14/h11-12H,6-10H2,1-5H3. The highest BCUT2D eigenvalue weighted by atomic mass is 16.1. The van der Waals surface area contributed by atoms with Crippen molar-refractivity contribution in [2.24, 2.45) is 11.8 Å². The van der Waals surface area contributed by atoms with Crippen molar-refractivity contribution in [1.82, 2.24) is 4.90 Å². The zero-order chi connectivity index (χ0) is 12.3. The van der Waals surface area contributed by atoms with E-state index in [2.05, 4.69) is 39.8 Å². The Bertz CT molecular complexity index is 247. The summed E-state index contributed by atoms with van der Waals surface area (Å²) in [5.41, 5.74) is -0.165. The highest BCUT2D eigenvalue weighted by Crippen LogP contribution is 2.37. The number of Topliss-reactive ketones (excluding diaryl/α,β-unsaturated/α-hetero) is 1. The third-order valence-corrected chi connectivity index (χ3v) is 3.94. The molecule has 0 amide bonds. The summed E-state index contributed by atoms with van der Waals surface area (Å²) >= 11 is 0. The fraction of sp³-hybridized carbons (Fsp3) is 0.929. The van der Waals surface area contributed by atoms with E-state index in [4.69, 9.17) is 0 Å². The van der Waals surface area contributed by atoms with Crippen molar-refractivity contribution in [3.63, 3.8) is 0 Å². The van der Waals surface area contributed by atoms with Gasteiger partial charge >= 0.3 is 0 Å². The first-order valence-electron chi connectivity index (χ1n) is 6.59. The SMILES string of the molecule is CC(C)CC(=O)C1(N(C)C)CCCC(C)C1. The van der Waals surface area contributed by atoms with E-state index in [9.17, 15) is 4.79 Å². The van der Waals surface area contributed by atoms with Crippen LogP contribution < -0.4 is 0 Å². The lowest BCUT2D eigenvalue weighted by molar-refractivity contribution is -0.133. The van der Waals surface area contributed by atoms with Crippen molar-refractivity contribution in [1.29, 1.82) is 0 Å². The van der Waals surface area contributed by atoms with Crippen LogP contribution in [0.3, 0.4) is 0 Å². The highest BCUT2D eigenvalue weighted by molar-refractivity contribution is 5.88. The lowest BCUT2D eigenvalue weighted by Crippen LogP contribution is -2.54. The van der Waals surface area contributed by atoms with Gasteiger partial charge in [-0.25, -0.2) is 0 Å². The number of hydrogen-bond donors (Lipinski definition) is 0. The minimum absolute atomic E-state index is 0.165. The average molecular weight is 225 g/mol. The Hall–Kier alpha value is -0.370. The van der Waals surface area contributed by atoms with E-state index >= 15 is 0 Å². The molecular weight excluding hydrogens is 198 g/mol. The van der Waals surface area contributed by atoms with Crippen molar-refractivity contribution in [2.75, 3.05) is 14.1 Å². The lowest BCUT2D eigenvalue weighted by Gasteiger charge is -2.44. The van der Waals surface area contributed by atoms with Crippen LogP contribution in [-0.4, -0.2) is 30.3 Å². The molecule has 94 valence electrons. The van der Waals surface area contributed by atoms with Gasteiger partial charge in [0.05, 0.1) is 5.54 Å². The molecule has 0 bridgehead atoms. The molecule has 1 saturated carbocycles. The van der Waals surface area contributed by atoms with Gasteiger partial charge in [-0.15, -0.1) is 0 Å². The van der Waals surface area contributed by atoms with Crippen molar-refractivity contribution < 1.29 is 4.79 Å². The first-order valence-corrected chi connectivity index (χ1v) is 6.59.